The molecule has 0 bridgehead atoms. The molecular formula is C15H23N3O3S2. The third kappa shape index (κ3) is 3.92. The summed E-state index contributed by atoms with van der Waals surface area (Å²) in [4.78, 5) is 18.3. The van der Waals surface area contributed by atoms with Crippen molar-refractivity contribution >= 4 is 32.4 Å². The number of nitrogens with one attached hydrogen (secondary N) is 1. The second kappa shape index (κ2) is 6.49. The van der Waals surface area contributed by atoms with E-state index in [-0.39, 0.29) is 18.4 Å². The first kappa shape index (κ1) is 16.9. The standard InChI is InChI=1S/C15H23N3O3S2/c1-10-5-6-12-13(8-10)22-15(16-12)17-14(19)11-4-3-7-18(9-11)23(2,20)21/h10-11H,3-9H2,1-2H3,(H,16,17,19)/t10-,11-/m0/s1. The minimum absolute atomic E-state index is 0.113. The third-order valence-corrected chi connectivity index (χ3v) is 6.95. The lowest BCUT2D eigenvalue weighted by atomic mass is 9.93. The van der Waals surface area contributed by atoms with Crippen LogP contribution in [0.5, 0.6) is 0 Å². The lowest BCUT2D eigenvalue weighted by molar-refractivity contribution is -0.120. The van der Waals surface area contributed by atoms with Gasteiger partial charge in [0.05, 0.1) is 17.9 Å². The van der Waals surface area contributed by atoms with Crippen LogP contribution in [0.1, 0.15) is 36.8 Å². The maximum absolute atomic E-state index is 12.5. The molecule has 2 aliphatic rings. The highest BCUT2D eigenvalue weighted by Crippen LogP contribution is 2.32. The molecule has 3 rings (SSSR count). The molecule has 0 aromatic carbocycles. The van der Waals surface area contributed by atoms with Crippen molar-refractivity contribution in [3.05, 3.63) is 10.6 Å². The Morgan fingerprint density at radius 3 is 2.91 bits per heavy atom. The van der Waals surface area contributed by atoms with E-state index in [9.17, 15) is 13.2 Å². The average Bonchev–Trinajstić information content (AvgIpc) is 2.87. The lowest BCUT2D eigenvalue weighted by Gasteiger charge is -2.29. The Bertz CT molecular complexity index is 699. The van der Waals surface area contributed by atoms with E-state index in [1.807, 2.05) is 0 Å². The number of nitrogens with zero attached hydrogens (tertiary/aromatic N) is 2. The van der Waals surface area contributed by atoms with E-state index in [0.29, 0.717) is 17.6 Å². The van der Waals surface area contributed by atoms with Crippen molar-refractivity contribution in [1.29, 1.82) is 0 Å². The number of carbonyl (C=O) groups excluding carboxylic acids is 1. The summed E-state index contributed by atoms with van der Waals surface area (Å²) in [5.41, 5.74) is 1.12. The molecule has 0 spiro atoms. The number of amides is 1. The van der Waals surface area contributed by atoms with Gasteiger partial charge in [-0.1, -0.05) is 6.92 Å². The van der Waals surface area contributed by atoms with E-state index >= 15 is 0 Å². The van der Waals surface area contributed by atoms with Crippen molar-refractivity contribution in [2.75, 3.05) is 24.7 Å². The van der Waals surface area contributed by atoms with Gasteiger partial charge in [0.15, 0.2) is 5.13 Å². The number of aryl methyl sites for hydroxylation is 1. The highest BCUT2D eigenvalue weighted by atomic mass is 32.2. The molecule has 1 aromatic heterocycles. The number of thiazole rings is 1. The Hall–Kier alpha value is -0.990. The maximum Gasteiger partial charge on any atom is 0.230 e. The number of piperidine rings is 1. The zero-order chi connectivity index (χ0) is 16.6. The van der Waals surface area contributed by atoms with Gasteiger partial charge in [-0.25, -0.2) is 17.7 Å². The Kier molecular flexibility index (Phi) is 4.75. The monoisotopic (exact) mass is 357 g/mol. The predicted octanol–water partition coefficient (Wildman–Crippen LogP) is 1.88. The van der Waals surface area contributed by atoms with E-state index in [0.717, 1.165) is 37.8 Å². The van der Waals surface area contributed by atoms with Gasteiger partial charge in [0.25, 0.3) is 0 Å². The zero-order valence-electron chi connectivity index (χ0n) is 13.5. The lowest BCUT2D eigenvalue weighted by Crippen LogP contribution is -2.43. The van der Waals surface area contributed by atoms with Crippen LogP contribution in [-0.4, -0.2) is 43.0 Å². The van der Waals surface area contributed by atoms with Gasteiger partial charge in [0, 0.05) is 18.0 Å². The molecule has 1 saturated heterocycles. The van der Waals surface area contributed by atoms with Gasteiger partial charge in [-0.2, -0.15) is 0 Å². The Morgan fingerprint density at radius 2 is 2.17 bits per heavy atom. The largest absolute Gasteiger partial charge is 0.302 e. The van der Waals surface area contributed by atoms with Crippen LogP contribution in [0.4, 0.5) is 5.13 Å². The van der Waals surface area contributed by atoms with Gasteiger partial charge in [0.2, 0.25) is 15.9 Å². The van der Waals surface area contributed by atoms with Crippen molar-refractivity contribution in [2.24, 2.45) is 11.8 Å². The van der Waals surface area contributed by atoms with Crippen molar-refractivity contribution in [3.8, 4) is 0 Å². The zero-order valence-corrected chi connectivity index (χ0v) is 15.2. The van der Waals surface area contributed by atoms with Crippen molar-refractivity contribution in [2.45, 2.75) is 39.0 Å². The number of anilines is 1. The fourth-order valence-electron chi connectivity index (χ4n) is 3.26. The summed E-state index contributed by atoms with van der Waals surface area (Å²) in [6, 6.07) is 0. The Balaban J connectivity index is 1.65. The normalized spacial score (nSPS) is 25.8. The molecule has 1 N–H and O–H groups in total. The van der Waals surface area contributed by atoms with Gasteiger partial charge in [0.1, 0.15) is 0 Å². The number of sulfonamides is 1. The SMILES string of the molecule is C[C@H]1CCc2nc(NC(=O)[C@H]3CCCN(S(C)(=O)=O)C3)sc2C1. The predicted molar refractivity (Wildman–Crippen MR) is 91.1 cm³/mol. The van der Waals surface area contributed by atoms with Gasteiger partial charge < -0.3 is 5.32 Å². The molecule has 0 saturated carbocycles. The molecule has 1 fully saturated rings. The van der Waals surface area contributed by atoms with Crippen LogP contribution >= 0.6 is 11.3 Å². The summed E-state index contributed by atoms with van der Waals surface area (Å²) in [6.07, 6.45) is 5.80. The van der Waals surface area contributed by atoms with Crippen LogP contribution in [0.3, 0.4) is 0 Å². The summed E-state index contributed by atoms with van der Waals surface area (Å²) in [6.45, 7) is 3.02. The van der Waals surface area contributed by atoms with E-state index in [4.69, 9.17) is 0 Å². The Labute approximate surface area is 141 Å². The molecule has 1 aliphatic heterocycles. The number of rotatable bonds is 3. The van der Waals surface area contributed by atoms with Crippen LogP contribution in [-0.2, 0) is 27.7 Å². The molecule has 8 heteroatoms. The molecule has 0 radical (unpaired) electrons. The number of hydrogen-bond donors (Lipinski definition) is 1. The first-order valence-electron chi connectivity index (χ1n) is 8.07. The van der Waals surface area contributed by atoms with E-state index in [1.165, 1.54) is 15.4 Å². The quantitative estimate of drug-likeness (QED) is 0.896. The molecular weight excluding hydrogens is 334 g/mol. The minimum Gasteiger partial charge on any atom is -0.302 e. The maximum atomic E-state index is 12.5. The van der Waals surface area contributed by atoms with Crippen molar-refractivity contribution in [3.63, 3.8) is 0 Å². The van der Waals surface area contributed by atoms with Crippen LogP contribution in [0, 0.1) is 11.8 Å². The highest BCUT2D eigenvalue weighted by molar-refractivity contribution is 7.88. The molecule has 2 atom stereocenters. The summed E-state index contributed by atoms with van der Waals surface area (Å²) in [5, 5.41) is 3.56. The molecule has 1 amide bonds. The Morgan fingerprint density at radius 1 is 1.39 bits per heavy atom. The molecule has 128 valence electrons. The van der Waals surface area contributed by atoms with Crippen LogP contribution in [0.15, 0.2) is 0 Å². The summed E-state index contributed by atoms with van der Waals surface area (Å²) in [7, 11) is -3.23. The van der Waals surface area contributed by atoms with Crippen molar-refractivity contribution in [1.82, 2.24) is 9.29 Å². The number of hydrogen-bond acceptors (Lipinski definition) is 5. The van der Waals surface area contributed by atoms with Crippen molar-refractivity contribution < 1.29 is 13.2 Å². The molecule has 1 aliphatic carbocycles. The highest BCUT2D eigenvalue weighted by Gasteiger charge is 2.31. The van der Waals surface area contributed by atoms with Crippen LogP contribution in [0.2, 0.25) is 0 Å². The second-order valence-corrected chi connectivity index (χ2v) is 9.75. The second-order valence-electron chi connectivity index (χ2n) is 6.69. The van der Waals surface area contributed by atoms with E-state index in [1.54, 1.807) is 11.3 Å². The van der Waals surface area contributed by atoms with Crippen LogP contribution < -0.4 is 5.32 Å². The number of fused-ring (bicyclic) bond motifs is 1. The topological polar surface area (TPSA) is 79.4 Å². The van der Waals surface area contributed by atoms with Gasteiger partial charge in [-0.3, -0.25) is 4.79 Å². The van der Waals surface area contributed by atoms with E-state index < -0.39 is 10.0 Å². The summed E-state index contributed by atoms with van der Waals surface area (Å²) < 4.78 is 24.7. The first-order valence-corrected chi connectivity index (χ1v) is 10.7. The number of carbonyl (C=O) groups is 1. The molecule has 23 heavy (non-hydrogen) atoms. The summed E-state index contributed by atoms with van der Waals surface area (Å²) >= 11 is 1.56. The third-order valence-electron chi connectivity index (χ3n) is 4.64. The fourth-order valence-corrected chi connectivity index (χ4v) is 5.34. The first-order chi connectivity index (χ1) is 10.8. The molecule has 2 heterocycles. The number of aromatic nitrogens is 1. The molecule has 0 unspecified atom stereocenters. The van der Waals surface area contributed by atoms with E-state index in [2.05, 4.69) is 17.2 Å². The van der Waals surface area contributed by atoms with Gasteiger partial charge >= 0.3 is 0 Å². The summed E-state index contributed by atoms with van der Waals surface area (Å²) in [5.74, 6) is 0.268. The molecule has 1 aromatic rings. The minimum atomic E-state index is -3.23. The van der Waals surface area contributed by atoms with Gasteiger partial charge in [-0.05, 0) is 38.0 Å². The average molecular weight is 358 g/mol. The fraction of sp³-hybridized carbons (Fsp3) is 0.733. The van der Waals surface area contributed by atoms with Crippen LogP contribution in [0.25, 0.3) is 0 Å². The van der Waals surface area contributed by atoms with Gasteiger partial charge in [-0.15, -0.1) is 11.3 Å². The molecule has 6 nitrogen and oxygen atoms in total. The smallest absolute Gasteiger partial charge is 0.230 e.